The Kier molecular flexibility index (Phi) is 4.07. The Bertz CT molecular complexity index is 1120. The Hall–Kier alpha value is -2.57. The third-order valence-electron chi connectivity index (χ3n) is 3.86. The van der Waals surface area contributed by atoms with Crippen LogP contribution in [0.25, 0.3) is 22.0 Å². The predicted octanol–water partition coefficient (Wildman–Crippen LogP) is 4.13. The number of halogens is 1. The van der Waals surface area contributed by atoms with Crippen molar-refractivity contribution in [2.75, 3.05) is 0 Å². The van der Waals surface area contributed by atoms with Crippen molar-refractivity contribution < 1.29 is 0 Å². The summed E-state index contributed by atoms with van der Waals surface area (Å²) in [7, 11) is 1.84. The number of pyridine rings is 1. The molecule has 25 heavy (non-hydrogen) atoms. The summed E-state index contributed by atoms with van der Waals surface area (Å²) in [6, 6.07) is 15.3. The number of rotatable bonds is 3. The van der Waals surface area contributed by atoms with E-state index in [4.69, 9.17) is 11.6 Å². The first-order valence-corrected chi connectivity index (χ1v) is 8.76. The molecule has 0 fully saturated rings. The number of benzene rings is 2. The first-order chi connectivity index (χ1) is 12.1. The Balaban J connectivity index is 2.05. The summed E-state index contributed by atoms with van der Waals surface area (Å²) in [6.07, 6.45) is 1.61. The van der Waals surface area contributed by atoms with Crippen LogP contribution >= 0.6 is 23.4 Å². The number of nitrogens with one attached hydrogen (secondary N) is 1. The van der Waals surface area contributed by atoms with Gasteiger partial charge in [-0.15, -0.1) is 10.2 Å². The Morgan fingerprint density at radius 3 is 2.68 bits per heavy atom. The summed E-state index contributed by atoms with van der Waals surface area (Å²) in [5.41, 5.74) is 2.37. The molecule has 4 aromatic rings. The van der Waals surface area contributed by atoms with Crippen LogP contribution in [0.4, 0.5) is 0 Å². The Morgan fingerprint density at radius 2 is 1.96 bits per heavy atom. The molecule has 0 atom stereocenters. The second-order valence-electron chi connectivity index (χ2n) is 5.54. The molecular weight excluding hydrogens is 356 g/mol. The van der Waals surface area contributed by atoms with Gasteiger partial charge in [-0.3, -0.25) is 4.79 Å². The fourth-order valence-corrected chi connectivity index (χ4v) is 3.80. The molecule has 7 heteroatoms. The highest BCUT2D eigenvalue weighted by Gasteiger charge is 2.18. The average molecular weight is 369 g/mol. The summed E-state index contributed by atoms with van der Waals surface area (Å²) in [4.78, 5) is 16.3. The molecule has 0 aliphatic rings. The molecule has 0 saturated carbocycles. The van der Waals surface area contributed by atoms with Crippen LogP contribution in [0.15, 0.2) is 69.7 Å². The van der Waals surface area contributed by atoms with Crippen LogP contribution in [0.3, 0.4) is 0 Å². The standard InChI is InChI=1S/C18H13ClN4OS/c1-23-10-20-22-18(23)25-16-15(11-5-3-2-4-6-11)13-9-12(19)7-8-14(13)21-17(16)24/h2-10H,1H3,(H,21,24). The average Bonchev–Trinajstić information content (AvgIpc) is 3.02. The van der Waals surface area contributed by atoms with Crippen molar-refractivity contribution in [3.05, 3.63) is 70.2 Å². The molecule has 2 aromatic carbocycles. The van der Waals surface area contributed by atoms with E-state index in [-0.39, 0.29) is 5.56 Å². The fourth-order valence-electron chi connectivity index (χ4n) is 2.69. The molecule has 0 saturated heterocycles. The van der Waals surface area contributed by atoms with Gasteiger partial charge in [0.2, 0.25) is 0 Å². The van der Waals surface area contributed by atoms with E-state index in [9.17, 15) is 4.79 Å². The van der Waals surface area contributed by atoms with Crippen molar-refractivity contribution >= 4 is 34.3 Å². The molecule has 5 nitrogen and oxygen atoms in total. The predicted molar refractivity (Wildman–Crippen MR) is 100 cm³/mol. The van der Waals surface area contributed by atoms with Gasteiger partial charge in [-0.25, -0.2) is 0 Å². The number of aromatic nitrogens is 4. The van der Waals surface area contributed by atoms with E-state index in [1.165, 1.54) is 11.8 Å². The van der Waals surface area contributed by atoms with Crippen LogP contribution in [0.2, 0.25) is 5.02 Å². The van der Waals surface area contributed by atoms with E-state index in [1.807, 2.05) is 49.5 Å². The van der Waals surface area contributed by atoms with E-state index in [1.54, 1.807) is 17.0 Å². The zero-order valence-electron chi connectivity index (χ0n) is 13.2. The van der Waals surface area contributed by atoms with Crippen LogP contribution in [-0.2, 0) is 7.05 Å². The van der Waals surface area contributed by atoms with Crippen LogP contribution in [0, 0.1) is 0 Å². The van der Waals surface area contributed by atoms with Crippen LogP contribution in [0.5, 0.6) is 0 Å². The lowest BCUT2D eigenvalue weighted by atomic mass is 10.0. The van der Waals surface area contributed by atoms with Gasteiger partial charge in [-0.1, -0.05) is 41.9 Å². The molecule has 2 aromatic heterocycles. The lowest BCUT2D eigenvalue weighted by Crippen LogP contribution is -2.11. The lowest BCUT2D eigenvalue weighted by Gasteiger charge is -2.12. The van der Waals surface area contributed by atoms with Crippen molar-refractivity contribution in [2.24, 2.45) is 7.05 Å². The maximum absolute atomic E-state index is 12.8. The number of aryl methyl sites for hydroxylation is 1. The van der Waals surface area contributed by atoms with Gasteiger partial charge in [0.05, 0.1) is 4.90 Å². The summed E-state index contributed by atoms with van der Waals surface area (Å²) in [5.74, 6) is 0. The largest absolute Gasteiger partial charge is 0.321 e. The summed E-state index contributed by atoms with van der Waals surface area (Å²) >= 11 is 7.51. The quantitative estimate of drug-likeness (QED) is 0.590. The number of aromatic amines is 1. The summed E-state index contributed by atoms with van der Waals surface area (Å²) in [5, 5.41) is 10.1. The smallest absolute Gasteiger partial charge is 0.263 e. The van der Waals surface area contributed by atoms with Crippen LogP contribution < -0.4 is 5.56 Å². The number of hydrogen-bond acceptors (Lipinski definition) is 4. The summed E-state index contributed by atoms with van der Waals surface area (Å²) in [6.45, 7) is 0. The minimum absolute atomic E-state index is 0.165. The van der Waals surface area contributed by atoms with E-state index in [0.717, 1.165) is 22.0 Å². The highest BCUT2D eigenvalue weighted by molar-refractivity contribution is 7.99. The summed E-state index contributed by atoms with van der Waals surface area (Å²) < 4.78 is 1.78. The molecule has 0 aliphatic carbocycles. The van der Waals surface area contributed by atoms with Gasteiger partial charge in [-0.05, 0) is 35.5 Å². The van der Waals surface area contributed by atoms with Crippen LogP contribution in [-0.4, -0.2) is 19.7 Å². The topological polar surface area (TPSA) is 63.6 Å². The lowest BCUT2D eigenvalue weighted by molar-refractivity contribution is 0.788. The molecular formula is C18H13ClN4OS. The Labute approximate surface area is 152 Å². The molecule has 4 rings (SSSR count). The van der Waals surface area contributed by atoms with Crippen molar-refractivity contribution in [1.82, 2.24) is 19.7 Å². The van der Waals surface area contributed by atoms with Gasteiger partial charge >= 0.3 is 0 Å². The number of fused-ring (bicyclic) bond motifs is 1. The normalized spacial score (nSPS) is 11.1. The van der Waals surface area contributed by atoms with Gasteiger partial charge in [0, 0.05) is 28.5 Å². The SMILES string of the molecule is Cn1cnnc1Sc1c(-c2ccccc2)c2cc(Cl)ccc2[nH]c1=O. The first-order valence-electron chi connectivity index (χ1n) is 7.56. The van der Waals surface area contributed by atoms with Crippen molar-refractivity contribution in [3.8, 4) is 11.1 Å². The third-order valence-corrected chi connectivity index (χ3v) is 5.24. The molecule has 0 aliphatic heterocycles. The van der Waals surface area contributed by atoms with Crippen molar-refractivity contribution in [1.29, 1.82) is 0 Å². The second-order valence-corrected chi connectivity index (χ2v) is 6.95. The highest BCUT2D eigenvalue weighted by atomic mass is 35.5. The zero-order valence-corrected chi connectivity index (χ0v) is 14.8. The molecule has 2 heterocycles. The monoisotopic (exact) mass is 368 g/mol. The van der Waals surface area contributed by atoms with Crippen LogP contribution in [0.1, 0.15) is 0 Å². The molecule has 0 radical (unpaired) electrons. The Morgan fingerprint density at radius 1 is 1.16 bits per heavy atom. The maximum atomic E-state index is 12.8. The van der Waals surface area contributed by atoms with Crippen molar-refractivity contribution in [2.45, 2.75) is 10.1 Å². The first kappa shape index (κ1) is 15.9. The molecule has 0 unspecified atom stereocenters. The van der Waals surface area contributed by atoms with Gasteiger partial charge in [0.1, 0.15) is 6.33 Å². The van der Waals surface area contributed by atoms with Gasteiger partial charge in [-0.2, -0.15) is 0 Å². The van der Waals surface area contributed by atoms with Gasteiger partial charge < -0.3 is 9.55 Å². The van der Waals surface area contributed by atoms with E-state index in [2.05, 4.69) is 15.2 Å². The zero-order chi connectivity index (χ0) is 17.4. The third kappa shape index (κ3) is 2.94. The number of nitrogens with zero attached hydrogens (tertiary/aromatic N) is 3. The van der Waals surface area contributed by atoms with Crippen molar-refractivity contribution in [3.63, 3.8) is 0 Å². The molecule has 0 spiro atoms. The molecule has 1 N–H and O–H groups in total. The molecule has 124 valence electrons. The molecule has 0 amide bonds. The van der Waals surface area contributed by atoms with E-state index >= 15 is 0 Å². The minimum atomic E-state index is -0.165. The second kappa shape index (κ2) is 6.38. The number of hydrogen-bond donors (Lipinski definition) is 1. The van der Waals surface area contributed by atoms with E-state index in [0.29, 0.717) is 15.1 Å². The minimum Gasteiger partial charge on any atom is -0.321 e. The molecule has 0 bridgehead atoms. The van der Waals surface area contributed by atoms with E-state index < -0.39 is 0 Å². The maximum Gasteiger partial charge on any atom is 0.263 e. The highest BCUT2D eigenvalue weighted by Crippen LogP contribution is 2.37. The van der Waals surface area contributed by atoms with Gasteiger partial charge in [0.15, 0.2) is 5.16 Å². The van der Waals surface area contributed by atoms with Gasteiger partial charge in [0.25, 0.3) is 5.56 Å². The number of H-pyrrole nitrogens is 1. The fraction of sp³-hybridized carbons (Fsp3) is 0.0556.